The van der Waals surface area contributed by atoms with Gasteiger partial charge < -0.3 is 52.2 Å². The summed E-state index contributed by atoms with van der Waals surface area (Å²) in [6, 6.07) is 142. The average Bonchev–Trinajstić information content (AvgIpc) is 1.48. The molecule has 19 aromatic rings. The minimum absolute atomic E-state index is 0.152. The molecule has 12 aliphatic heterocycles. The Labute approximate surface area is 848 Å². The van der Waals surface area contributed by atoms with Crippen molar-refractivity contribution in [2.75, 3.05) is 29.4 Å². The molecule has 6 unspecified atom stereocenters. The quantitative estimate of drug-likeness (QED) is 0.150. The molecule has 12 heteroatoms. The second-order valence-electron chi connectivity index (χ2n) is 39.9. The zero-order valence-electron chi connectivity index (χ0n) is 80.1. The number of pyridine rings is 1. The van der Waals surface area contributed by atoms with Crippen LogP contribution in [0, 0.1) is 0 Å². The fourth-order valence-corrected chi connectivity index (χ4v) is 27.1. The Bertz CT molecular complexity index is 8920. The number of hydrogen-bond acceptors (Lipinski definition) is 7. The highest BCUT2D eigenvalue weighted by atomic mass is 15.3. The van der Waals surface area contributed by atoms with Crippen molar-refractivity contribution in [3.63, 3.8) is 0 Å². The monoisotopic (exact) mass is 1870 g/mol. The second kappa shape index (κ2) is 32.6. The Morgan fingerprint density at radius 3 is 1.08 bits per heavy atom. The van der Waals surface area contributed by atoms with E-state index in [9.17, 15) is 0 Å². The van der Waals surface area contributed by atoms with Gasteiger partial charge in [0.25, 0.3) is 0 Å². The van der Waals surface area contributed by atoms with Gasteiger partial charge in [-0.2, -0.15) is 0 Å². The molecule has 0 fully saturated rings. The Kier molecular flexibility index (Phi) is 18.4. The maximum atomic E-state index is 4.80. The summed E-state index contributed by atoms with van der Waals surface area (Å²) in [5.74, 6) is 1.04. The van der Waals surface area contributed by atoms with E-state index in [1.807, 2.05) is 12.3 Å². The van der Waals surface area contributed by atoms with Crippen LogP contribution in [0.2, 0.25) is 0 Å². The van der Waals surface area contributed by atoms with Crippen LogP contribution in [0.1, 0.15) is 147 Å². The summed E-state index contributed by atoms with van der Waals surface area (Å²) in [7, 11) is 0. The van der Waals surface area contributed by atoms with E-state index >= 15 is 0 Å². The van der Waals surface area contributed by atoms with Crippen molar-refractivity contribution in [1.29, 1.82) is 0 Å². The SMILES string of the molecule is C1=C2C(=CC1)N1c3ccccc3-n3cccc3C1c1ccccc12.C1=C2C(=CC1)n1cccc1C1c3ccccc3-c3ccccc3N21.C1=CC2=C(C1)N1c3ccccc3-c3ccccc3C1c1cccn12.C1=CC2=C(C1)c1ccccc1C1c3cccn3-c3ccccc3N21.C1=CC2=C(C1)n1cccc1C1c3ccccc3-c3ccccc3N21.c1ccc2c(c1)-c1ccccc1N1c3ncccc3-c3ccccc3C21. The molecule has 146 heavy (non-hydrogen) atoms. The lowest BCUT2D eigenvalue weighted by Crippen LogP contribution is -2.37. The van der Waals surface area contributed by atoms with E-state index in [0.29, 0.717) is 0 Å². The highest BCUT2D eigenvalue weighted by Crippen LogP contribution is 2.63. The van der Waals surface area contributed by atoms with E-state index in [2.05, 4.69) is 526 Å². The van der Waals surface area contributed by atoms with Gasteiger partial charge in [-0.3, -0.25) is 0 Å². The molecule has 18 heterocycles. The highest BCUT2D eigenvalue weighted by molar-refractivity contribution is 6.00. The number of benzene rings is 13. The third-order valence-corrected chi connectivity index (χ3v) is 32.8. The van der Waals surface area contributed by atoms with Crippen LogP contribution in [0.3, 0.4) is 0 Å². The third kappa shape index (κ3) is 12.0. The van der Waals surface area contributed by atoms with Crippen molar-refractivity contribution in [2.24, 2.45) is 0 Å². The first kappa shape index (κ1) is 82.3. The lowest BCUT2D eigenvalue weighted by molar-refractivity contribution is 0.697. The Balaban J connectivity index is 0.0000000796. The average molecular weight is 1870 g/mol. The fraction of sp³-hybridized carbons (Fsp3) is 0.0821. The molecule has 6 atom stereocenters. The van der Waals surface area contributed by atoms with Crippen molar-refractivity contribution in [1.82, 2.24) is 27.8 Å². The van der Waals surface area contributed by atoms with Crippen LogP contribution in [0.5, 0.6) is 0 Å². The Morgan fingerprint density at radius 1 is 0.199 bits per heavy atom. The van der Waals surface area contributed by atoms with Gasteiger partial charge in [-0.15, -0.1) is 0 Å². The van der Waals surface area contributed by atoms with Gasteiger partial charge in [0.05, 0.1) is 91.4 Å². The normalized spacial score (nSPS) is 18.9. The first-order valence-corrected chi connectivity index (χ1v) is 51.4. The predicted molar refractivity (Wildman–Crippen MR) is 593 cm³/mol. The number of nitrogens with zero attached hydrogens (tertiary/aromatic N) is 12. The maximum Gasteiger partial charge on any atom is 0.141 e. The number of aromatic nitrogens is 6. The van der Waals surface area contributed by atoms with Gasteiger partial charge in [0.1, 0.15) is 36.0 Å². The molecule has 0 saturated heterocycles. The summed E-state index contributed by atoms with van der Waals surface area (Å²) in [6.45, 7) is 0. The molecule has 17 aliphatic rings. The van der Waals surface area contributed by atoms with Crippen molar-refractivity contribution in [3.05, 3.63) is 593 Å². The molecular formula is C134H96N12. The smallest absolute Gasteiger partial charge is 0.141 e. The minimum atomic E-state index is 0.152. The van der Waals surface area contributed by atoms with Gasteiger partial charge in [-0.1, -0.05) is 309 Å². The number of anilines is 7. The molecule has 36 rings (SSSR count). The molecule has 0 radical (unpaired) electrons. The summed E-state index contributed by atoms with van der Waals surface area (Å²) in [5, 5.41) is 0. The molecule has 0 saturated carbocycles. The molecule has 0 amide bonds. The first-order chi connectivity index (χ1) is 72.6. The zero-order valence-corrected chi connectivity index (χ0v) is 80.1. The lowest BCUT2D eigenvalue weighted by atomic mass is 9.80. The number of allylic oxidation sites excluding steroid dienone is 15. The number of hydrogen-bond donors (Lipinski definition) is 0. The molecule has 6 aromatic heterocycles. The van der Waals surface area contributed by atoms with Gasteiger partial charge in [0.2, 0.25) is 0 Å². The van der Waals surface area contributed by atoms with Gasteiger partial charge in [0, 0.05) is 118 Å². The standard InChI is InChI=1S/C24H16N2.5C22H16N2/c1-3-11-19-16(8-1)18-10-5-6-14-22(18)26-23(19)20-12-4-2-9-17(20)21-13-7-15-25-24(21)26;3*1-2-9-17-15(7-1)16-8-3-4-10-18(16)24-20-12-5-11-19(20)23-14-6-13-21(23)22(17)24;2*1-2-8-17-15(7-1)16-9-5-12-18(16)24-20-11-4-3-10-19(20)23-14-6-13-21(23)22(17)24/h1-15,23H;1-4,6-14,22H,5H2;1-10,12-14,22H,11H2;1-11,13-14,22H,12H2;1-4,6-14,22H,5H2;1-8,10-14,22H,9H2. The van der Waals surface area contributed by atoms with Crippen LogP contribution in [0.4, 0.5) is 39.9 Å². The fourth-order valence-electron chi connectivity index (χ4n) is 27.1. The molecule has 12 nitrogen and oxygen atoms in total. The number of rotatable bonds is 0. The number of para-hydroxylation sites is 8. The van der Waals surface area contributed by atoms with Crippen molar-refractivity contribution in [3.8, 4) is 67.0 Å². The van der Waals surface area contributed by atoms with Crippen LogP contribution in [-0.4, -0.2) is 27.8 Å². The van der Waals surface area contributed by atoms with E-state index in [0.717, 1.165) is 37.9 Å². The van der Waals surface area contributed by atoms with Gasteiger partial charge >= 0.3 is 0 Å². The summed E-state index contributed by atoms with van der Waals surface area (Å²) in [4.78, 5) is 19.9. The lowest BCUT2D eigenvalue weighted by Gasteiger charge is -2.45. The van der Waals surface area contributed by atoms with E-state index < -0.39 is 0 Å². The third-order valence-electron chi connectivity index (χ3n) is 32.8. The largest absolute Gasteiger partial charge is 0.329 e. The molecule has 13 aromatic carbocycles. The van der Waals surface area contributed by atoms with Gasteiger partial charge in [-0.05, 0) is 242 Å². The maximum absolute atomic E-state index is 4.80. The van der Waals surface area contributed by atoms with E-state index in [-0.39, 0.29) is 36.3 Å². The van der Waals surface area contributed by atoms with Crippen LogP contribution < -0.4 is 29.4 Å². The van der Waals surface area contributed by atoms with E-state index in [1.165, 1.54) is 236 Å². The molecular weight excluding hydrogens is 1780 g/mol. The van der Waals surface area contributed by atoms with Crippen molar-refractivity contribution in [2.45, 2.75) is 68.4 Å². The zero-order chi connectivity index (χ0) is 95.5. The second-order valence-corrected chi connectivity index (χ2v) is 39.9. The predicted octanol–water partition coefficient (Wildman–Crippen LogP) is 31.7. The topological polar surface area (TPSA) is 57.0 Å². The minimum Gasteiger partial charge on any atom is -0.329 e. The van der Waals surface area contributed by atoms with Crippen molar-refractivity contribution < 1.29 is 0 Å². The molecule has 5 aliphatic carbocycles. The number of fused-ring (bicyclic) bond motifs is 63. The first-order valence-electron chi connectivity index (χ1n) is 51.4. The Morgan fingerprint density at radius 2 is 0.527 bits per heavy atom. The summed E-state index contributed by atoms with van der Waals surface area (Å²) < 4.78 is 11.8. The summed E-state index contributed by atoms with van der Waals surface area (Å²) in [5.41, 5.74) is 56.3. The van der Waals surface area contributed by atoms with Crippen molar-refractivity contribution >= 4 is 68.2 Å². The molecule has 0 N–H and O–H groups in total. The van der Waals surface area contributed by atoms with Gasteiger partial charge in [-0.25, -0.2) is 4.98 Å². The summed E-state index contributed by atoms with van der Waals surface area (Å²) >= 11 is 0. The van der Waals surface area contributed by atoms with E-state index in [1.54, 1.807) is 0 Å². The highest BCUT2D eigenvalue weighted by Gasteiger charge is 2.49. The molecule has 0 spiro atoms. The van der Waals surface area contributed by atoms with Crippen LogP contribution in [0.15, 0.2) is 515 Å². The summed E-state index contributed by atoms with van der Waals surface area (Å²) in [6.07, 6.45) is 41.0. The Hall–Kier alpha value is -18.4. The molecule has 0 bridgehead atoms. The molecule has 692 valence electrons. The van der Waals surface area contributed by atoms with E-state index in [4.69, 9.17) is 4.98 Å². The van der Waals surface area contributed by atoms with Crippen LogP contribution in [0.25, 0.3) is 95.2 Å². The van der Waals surface area contributed by atoms with Crippen LogP contribution in [-0.2, 0) is 0 Å². The van der Waals surface area contributed by atoms with Gasteiger partial charge in [0.15, 0.2) is 0 Å². The van der Waals surface area contributed by atoms with Crippen LogP contribution >= 0.6 is 0 Å².